The Morgan fingerprint density at radius 1 is 0.933 bits per heavy atom. The van der Waals surface area contributed by atoms with Crippen LogP contribution in [0.2, 0.25) is 0 Å². The third kappa shape index (κ3) is 5.52. The van der Waals surface area contributed by atoms with Crippen molar-refractivity contribution in [1.29, 1.82) is 0 Å². The molecule has 8 heteroatoms. The lowest BCUT2D eigenvalue weighted by Crippen LogP contribution is -2.32. The van der Waals surface area contributed by atoms with Crippen molar-refractivity contribution >= 4 is 21.6 Å². The van der Waals surface area contributed by atoms with E-state index in [2.05, 4.69) is 5.32 Å². The van der Waals surface area contributed by atoms with Gasteiger partial charge >= 0.3 is 0 Å². The third-order valence-corrected chi connectivity index (χ3v) is 6.98. The van der Waals surface area contributed by atoms with E-state index in [1.54, 1.807) is 54.7 Å². The highest BCUT2D eigenvalue weighted by Gasteiger charge is 2.25. The summed E-state index contributed by atoms with van der Waals surface area (Å²) in [5.41, 5.74) is 0.514. The molecule has 0 radical (unpaired) electrons. The van der Waals surface area contributed by atoms with E-state index in [0.29, 0.717) is 30.3 Å². The molecule has 0 bridgehead atoms. The second-order valence-electron chi connectivity index (χ2n) is 7.27. The van der Waals surface area contributed by atoms with Crippen molar-refractivity contribution in [2.75, 3.05) is 25.5 Å². The summed E-state index contributed by atoms with van der Waals surface area (Å²) in [6.45, 7) is 2.76. The van der Waals surface area contributed by atoms with Gasteiger partial charge in [-0.3, -0.25) is 4.79 Å². The molecule has 1 atom stereocenters. The van der Waals surface area contributed by atoms with Crippen LogP contribution in [0.25, 0.3) is 0 Å². The Morgan fingerprint density at radius 3 is 2.07 bits per heavy atom. The standard InChI is InChI=1S/C22H28N2O5S/c1-17(29-20-11-9-19(28-2)10-12-20)22(25)23-18-7-13-21(14-8-18)30(26,27)24-15-5-3-4-6-16-24/h7-14,17H,3-6,15-16H2,1-2H3,(H,23,25)/t17-/m1/s1. The Balaban J connectivity index is 1.60. The van der Waals surface area contributed by atoms with Crippen LogP contribution in [0.15, 0.2) is 53.4 Å². The average molecular weight is 433 g/mol. The van der Waals surface area contributed by atoms with E-state index in [4.69, 9.17) is 9.47 Å². The number of anilines is 1. The number of nitrogens with one attached hydrogen (secondary N) is 1. The molecule has 1 saturated heterocycles. The molecule has 30 heavy (non-hydrogen) atoms. The number of carbonyl (C=O) groups excluding carboxylic acids is 1. The van der Waals surface area contributed by atoms with Crippen molar-refractivity contribution in [2.45, 2.75) is 43.6 Å². The van der Waals surface area contributed by atoms with Gasteiger partial charge < -0.3 is 14.8 Å². The SMILES string of the molecule is COc1ccc(O[C@H](C)C(=O)Nc2ccc(S(=O)(=O)N3CCCCCC3)cc2)cc1. The van der Waals surface area contributed by atoms with E-state index in [9.17, 15) is 13.2 Å². The molecule has 0 unspecified atom stereocenters. The van der Waals surface area contributed by atoms with Gasteiger partial charge in [0.15, 0.2) is 6.10 Å². The highest BCUT2D eigenvalue weighted by molar-refractivity contribution is 7.89. The van der Waals surface area contributed by atoms with Gasteiger partial charge in [-0.2, -0.15) is 4.31 Å². The van der Waals surface area contributed by atoms with Gasteiger partial charge in [-0.15, -0.1) is 0 Å². The fourth-order valence-corrected chi connectivity index (χ4v) is 4.81. The van der Waals surface area contributed by atoms with Crippen LogP contribution in [0.3, 0.4) is 0 Å². The molecule has 1 heterocycles. The number of carbonyl (C=O) groups is 1. The minimum absolute atomic E-state index is 0.241. The monoisotopic (exact) mass is 432 g/mol. The highest BCUT2D eigenvalue weighted by Crippen LogP contribution is 2.22. The normalized spacial score (nSPS) is 16.3. The summed E-state index contributed by atoms with van der Waals surface area (Å²) in [5.74, 6) is 0.931. The largest absolute Gasteiger partial charge is 0.497 e. The van der Waals surface area contributed by atoms with Gasteiger partial charge in [0.2, 0.25) is 10.0 Å². The first-order valence-electron chi connectivity index (χ1n) is 10.1. The van der Waals surface area contributed by atoms with Gasteiger partial charge in [0.25, 0.3) is 5.91 Å². The van der Waals surface area contributed by atoms with Crippen LogP contribution >= 0.6 is 0 Å². The maximum absolute atomic E-state index is 12.8. The van der Waals surface area contributed by atoms with Crippen LogP contribution in [0, 0.1) is 0 Å². The summed E-state index contributed by atoms with van der Waals surface area (Å²) in [5, 5.41) is 2.76. The lowest BCUT2D eigenvalue weighted by atomic mass is 10.2. The molecule has 1 aliphatic heterocycles. The Kier molecular flexibility index (Phi) is 7.33. The predicted octanol–water partition coefficient (Wildman–Crippen LogP) is 3.67. The molecule has 2 aromatic rings. The highest BCUT2D eigenvalue weighted by atomic mass is 32.2. The maximum Gasteiger partial charge on any atom is 0.265 e. The first-order valence-corrected chi connectivity index (χ1v) is 11.6. The smallest absolute Gasteiger partial charge is 0.265 e. The van der Waals surface area contributed by atoms with E-state index in [-0.39, 0.29) is 10.8 Å². The molecule has 1 aliphatic rings. The van der Waals surface area contributed by atoms with Gasteiger partial charge in [-0.05, 0) is 68.3 Å². The molecule has 0 spiro atoms. The molecule has 2 aromatic carbocycles. The van der Waals surface area contributed by atoms with Crippen molar-refractivity contribution in [3.8, 4) is 11.5 Å². The number of hydrogen-bond donors (Lipinski definition) is 1. The molecule has 0 aliphatic carbocycles. The molecule has 1 fully saturated rings. The third-order valence-electron chi connectivity index (χ3n) is 5.07. The summed E-state index contributed by atoms with van der Waals surface area (Å²) in [4.78, 5) is 12.7. The minimum Gasteiger partial charge on any atom is -0.497 e. The Bertz CT molecular complexity index is 934. The van der Waals surface area contributed by atoms with Gasteiger partial charge in [0.1, 0.15) is 11.5 Å². The molecule has 1 amide bonds. The van der Waals surface area contributed by atoms with Gasteiger partial charge in [0.05, 0.1) is 12.0 Å². The fraction of sp³-hybridized carbons (Fsp3) is 0.409. The van der Waals surface area contributed by atoms with Crippen LogP contribution in [-0.2, 0) is 14.8 Å². The van der Waals surface area contributed by atoms with Crippen LogP contribution < -0.4 is 14.8 Å². The number of ether oxygens (including phenoxy) is 2. The lowest BCUT2D eigenvalue weighted by molar-refractivity contribution is -0.122. The summed E-state index contributed by atoms with van der Waals surface area (Å²) in [6, 6.07) is 13.2. The number of sulfonamides is 1. The molecule has 162 valence electrons. The van der Waals surface area contributed by atoms with Gasteiger partial charge in [-0.25, -0.2) is 8.42 Å². The van der Waals surface area contributed by atoms with Crippen LogP contribution in [0.5, 0.6) is 11.5 Å². The zero-order valence-electron chi connectivity index (χ0n) is 17.3. The second kappa shape index (κ2) is 9.95. The van der Waals surface area contributed by atoms with Gasteiger partial charge in [0, 0.05) is 18.8 Å². The van der Waals surface area contributed by atoms with Crippen LogP contribution in [0.1, 0.15) is 32.6 Å². The Morgan fingerprint density at radius 2 is 1.50 bits per heavy atom. The van der Waals surface area contributed by atoms with Gasteiger partial charge in [-0.1, -0.05) is 12.8 Å². The maximum atomic E-state index is 12.8. The molecular weight excluding hydrogens is 404 g/mol. The predicted molar refractivity (Wildman–Crippen MR) is 115 cm³/mol. The Hall–Kier alpha value is -2.58. The van der Waals surface area contributed by atoms with Crippen LogP contribution in [0.4, 0.5) is 5.69 Å². The fourth-order valence-electron chi connectivity index (χ4n) is 3.30. The topological polar surface area (TPSA) is 84.9 Å². The summed E-state index contributed by atoms with van der Waals surface area (Å²) in [7, 11) is -1.93. The molecule has 7 nitrogen and oxygen atoms in total. The Labute approximate surface area is 178 Å². The number of rotatable bonds is 7. The quantitative estimate of drug-likeness (QED) is 0.722. The van der Waals surface area contributed by atoms with Crippen molar-refractivity contribution in [2.24, 2.45) is 0 Å². The van der Waals surface area contributed by atoms with E-state index >= 15 is 0 Å². The van der Waals surface area contributed by atoms with Crippen molar-refractivity contribution in [1.82, 2.24) is 4.31 Å². The van der Waals surface area contributed by atoms with Crippen molar-refractivity contribution in [3.05, 3.63) is 48.5 Å². The van der Waals surface area contributed by atoms with E-state index < -0.39 is 16.1 Å². The lowest BCUT2D eigenvalue weighted by Gasteiger charge is -2.20. The number of amides is 1. The van der Waals surface area contributed by atoms with Crippen molar-refractivity contribution in [3.63, 3.8) is 0 Å². The average Bonchev–Trinajstić information content (AvgIpc) is 3.05. The summed E-state index contributed by atoms with van der Waals surface area (Å²) in [6.07, 6.45) is 3.18. The molecule has 3 rings (SSSR count). The van der Waals surface area contributed by atoms with E-state index in [1.165, 1.54) is 12.1 Å². The van der Waals surface area contributed by atoms with E-state index in [1.807, 2.05) is 0 Å². The van der Waals surface area contributed by atoms with Crippen molar-refractivity contribution < 1.29 is 22.7 Å². The first kappa shape index (κ1) is 22.1. The number of hydrogen-bond acceptors (Lipinski definition) is 5. The second-order valence-corrected chi connectivity index (χ2v) is 9.21. The van der Waals surface area contributed by atoms with Crippen LogP contribution in [-0.4, -0.2) is 44.9 Å². The molecule has 1 N–H and O–H groups in total. The molecule has 0 aromatic heterocycles. The van der Waals surface area contributed by atoms with E-state index in [0.717, 1.165) is 25.7 Å². The zero-order valence-corrected chi connectivity index (χ0v) is 18.2. The summed E-state index contributed by atoms with van der Waals surface area (Å²) < 4.78 is 38.0. The number of benzene rings is 2. The number of methoxy groups -OCH3 is 1. The zero-order chi connectivity index (χ0) is 21.6. The molecule has 0 saturated carbocycles. The minimum atomic E-state index is -3.51. The number of nitrogens with zero attached hydrogens (tertiary/aromatic N) is 1. The first-order chi connectivity index (χ1) is 14.4. The molecular formula is C22H28N2O5S. The summed E-state index contributed by atoms with van der Waals surface area (Å²) >= 11 is 0.